The molecule has 0 fully saturated rings. The Kier molecular flexibility index (Phi) is 6.55. The summed E-state index contributed by atoms with van der Waals surface area (Å²) in [5, 5.41) is 5.93. The lowest BCUT2D eigenvalue weighted by atomic mass is 10.1. The maximum absolute atomic E-state index is 12.0. The summed E-state index contributed by atoms with van der Waals surface area (Å²) in [5.74, 6) is 0.0818. The van der Waals surface area contributed by atoms with Crippen LogP contribution in [0.4, 0.5) is 5.69 Å². The number of ether oxygens (including phenoxy) is 1. The maximum Gasteiger partial charge on any atom is 0.248 e. The standard InChI is InChI=1S/C18H20BrN3O3/c1-11(13-5-8-16(25-2)15(19)9-13)21-10-17(23)22-14-6-3-12(4-7-14)18(20)24/h3-9,11,21H,10H2,1-2H3,(H2,20,24)(H,22,23)/t11-/m1/s1. The van der Waals surface area contributed by atoms with Crippen molar-refractivity contribution in [3.05, 3.63) is 58.1 Å². The molecule has 0 heterocycles. The third-order valence-electron chi connectivity index (χ3n) is 3.70. The molecule has 0 saturated carbocycles. The van der Waals surface area contributed by atoms with Gasteiger partial charge in [-0.3, -0.25) is 9.59 Å². The van der Waals surface area contributed by atoms with Crippen LogP contribution in [0.1, 0.15) is 28.9 Å². The number of carbonyl (C=O) groups is 2. The van der Waals surface area contributed by atoms with Gasteiger partial charge in [0.15, 0.2) is 0 Å². The minimum absolute atomic E-state index is 0.00908. The molecular formula is C18H20BrN3O3. The average Bonchev–Trinajstić information content (AvgIpc) is 2.60. The van der Waals surface area contributed by atoms with Crippen LogP contribution < -0.4 is 21.1 Å². The van der Waals surface area contributed by atoms with E-state index < -0.39 is 5.91 Å². The molecule has 0 aliphatic heterocycles. The molecule has 2 aromatic carbocycles. The van der Waals surface area contributed by atoms with Crippen LogP contribution in [-0.4, -0.2) is 25.5 Å². The highest BCUT2D eigenvalue weighted by molar-refractivity contribution is 9.10. The van der Waals surface area contributed by atoms with Gasteiger partial charge in [0, 0.05) is 17.3 Å². The molecule has 0 unspecified atom stereocenters. The molecule has 0 saturated heterocycles. The van der Waals surface area contributed by atoms with Crippen LogP contribution >= 0.6 is 15.9 Å². The van der Waals surface area contributed by atoms with Crippen molar-refractivity contribution in [2.75, 3.05) is 19.0 Å². The maximum atomic E-state index is 12.0. The molecule has 25 heavy (non-hydrogen) atoms. The minimum atomic E-state index is -0.501. The highest BCUT2D eigenvalue weighted by atomic mass is 79.9. The smallest absolute Gasteiger partial charge is 0.248 e. The summed E-state index contributed by atoms with van der Waals surface area (Å²) in [6, 6.07) is 12.2. The fourth-order valence-corrected chi connectivity index (χ4v) is 2.80. The van der Waals surface area contributed by atoms with Crippen LogP contribution in [0.25, 0.3) is 0 Å². The first-order valence-electron chi connectivity index (χ1n) is 7.67. The van der Waals surface area contributed by atoms with Crippen molar-refractivity contribution in [3.8, 4) is 5.75 Å². The number of rotatable bonds is 7. The number of primary amides is 1. The van der Waals surface area contributed by atoms with Gasteiger partial charge in [-0.25, -0.2) is 0 Å². The molecule has 2 aromatic rings. The van der Waals surface area contributed by atoms with E-state index in [1.165, 1.54) is 0 Å². The van der Waals surface area contributed by atoms with E-state index in [0.717, 1.165) is 15.8 Å². The molecule has 2 rings (SSSR count). The Hall–Kier alpha value is -2.38. The number of anilines is 1. The van der Waals surface area contributed by atoms with Crippen molar-refractivity contribution in [2.45, 2.75) is 13.0 Å². The Bertz CT molecular complexity index is 763. The first kappa shape index (κ1) is 19.0. The monoisotopic (exact) mass is 405 g/mol. The molecule has 0 aliphatic carbocycles. The van der Waals surface area contributed by atoms with E-state index >= 15 is 0 Å². The van der Waals surface area contributed by atoms with Crippen LogP contribution in [-0.2, 0) is 4.79 Å². The van der Waals surface area contributed by atoms with Crippen molar-refractivity contribution in [1.82, 2.24) is 5.32 Å². The highest BCUT2D eigenvalue weighted by Gasteiger charge is 2.10. The van der Waals surface area contributed by atoms with Gasteiger partial charge in [-0.15, -0.1) is 0 Å². The van der Waals surface area contributed by atoms with E-state index in [-0.39, 0.29) is 18.5 Å². The van der Waals surface area contributed by atoms with Crippen LogP contribution in [0.2, 0.25) is 0 Å². The third-order valence-corrected chi connectivity index (χ3v) is 4.32. The molecular weight excluding hydrogens is 386 g/mol. The zero-order valence-corrected chi connectivity index (χ0v) is 15.6. The van der Waals surface area contributed by atoms with E-state index in [9.17, 15) is 9.59 Å². The number of carbonyl (C=O) groups excluding carboxylic acids is 2. The molecule has 0 radical (unpaired) electrons. The van der Waals surface area contributed by atoms with Crippen LogP contribution in [0.15, 0.2) is 46.9 Å². The SMILES string of the molecule is COc1ccc([C@@H](C)NCC(=O)Nc2ccc(C(N)=O)cc2)cc1Br. The Labute approximate surface area is 154 Å². The number of benzene rings is 2. The van der Waals surface area contributed by atoms with Crippen LogP contribution in [0.3, 0.4) is 0 Å². The van der Waals surface area contributed by atoms with E-state index in [2.05, 4.69) is 26.6 Å². The Morgan fingerprint density at radius 2 is 1.88 bits per heavy atom. The predicted molar refractivity (Wildman–Crippen MR) is 101 cm³/mol. The summed E-state index contributed by atoms with van der Waals surface area (Å²) >= 11 is 3.45. The van der Waals surface area contributed by atoms with Crippen molar-refractivity contribution < 1.29 is 14.3 Å². The van der Waals surface area contributed by atoms with Crippen LogP contribution in [0, 0.1) is 0 Å². The summed E-state index contributed by atoms with van der Waals surface area (Å²) in [7, 11) is 1.61. The number of nitrogens with one attached hydrogen (secondary N) is 2. The van der Waals surface area contributed by atoms with Gasteiger partial charge in [0.1, 0.15) is 5.75 Å². The summed E-state index contributed by atoms with van der Waals surface area (Å²) in [6.07, 6.45) is 0. The largest absolute Gasteiger partial charge is 0.496 e. The summed E-state index contributed by atoms with van der Waals surface area (Å²) in [6.45, 7) is 2.13. The van der Waals surface area contributed by atoms with Crippen molar-refractivity contribution >= 4 is 33.4 Å². The molecule has 6 nitrogen and oxygen atoms in total. The first-order chi connectivity index (χ1) is 11.9. The molecule has 0 aromatic heterocycles. The van der Waals surface area contributed by atoms with Gasteiger partial charge in [-0.1, -0.05) is 6.07 Å². The number of hydrogen-bond donors (Lipinski definition) is 3. The summed E-state index contributed by atoms with van der Waals surface area (Å²) in [5.41, 5.74) is 7.22. The van der Waals surface area contributed by atoms with Crippen molar-refractivity contribution in [2.24, 2.45) is 5.73 Å². The van der Waals surface area contributed by atoms with E-state index in [1.54, 1.807) is 31.4 Å². The van der Waals surface area contributed by atoms with E-state index in [1.807, 2.05) is 25.1 Å². The molecule has 0 bridgehead atoms. The normalized spacial score (nSPS) is 11.6. The number of hydrogen-bond acceptors (Lipinski definition) is 4. The zero-order chi connectivity index (χ0) is 18.4. The third kappa shape index (κ3) is 5.30. The summed E-state index contributed by atoms with van der Waals surface area (Å²) in [4.78, 5) is 23.1. The molecule has 4 N–H and O–H groups in total. The van der Waals surface area contributed by atoms with Crippen molar-refractivity contribution in [1.29, 1.82) is 0 Å². The molecule has 132 valence electrons. The molecule has 7 heteroatoms. The Morgan fingerprint density at radius 3 is 2.44 bits per heavy atom. The van der Waals surface area contributed by atoms with Gasteiger partial charge in [0.25, 0.3) is 0 Å². The molecule has 1 atom stereocenters. The topological polar surface area (TPSA) is 93.4 Å². The Balaban J connectivity index is 1.88. The predicted octanol–water partition coefficient (Wildman–Crippen LogP) is 2.85. The quantitative estimate of drug-likeness (QED) is 0.659. The lowest BCUT2D eigenvalue weighted by molar-refractivity contribution is -0.115. The molecule has 0 aliphatic rings. The van der Waals surface area contributed by atoms with Gasteiger partial charge >= 0.3 is 0 Å². The number of methoxy groups -OCH3 is 1. The highest BCUT2D eigenvalue weighted by Crippen LogP contribution is 2.27. The van der Waals surface area contributed by atoms with E-state index in [4.69, 9.17) is 10.5 Å². The number of nitrogens with two attached hydrogens (primary N) is 1. The average molecular weight is 406 g/mol. The fraction of sp³-hybridized carbons (Fsp3) is 0.222. The summed E-state index contributed by atoms with van der Waals surface area (Å²) < 4.78 is 6.07. The van der Waals surface area contributed by atoms with E-state index in [0.29, 0.717) is 11.3 Å². The van der Waals surface area contributed by atoms with Gasteiger partial charge in [-0.2, -0.15) is 0 Å². The molecule has 0 spiro atoms. The molecule has 2 amide bonds. The second kappa shape index (κ2) is 8.64. The Morgan fingerprint density at radius 1 is 1.20 bits per heavy atom. The fourth-order valence-electron chi connectivity index (χ4n) is 2.24. The second-order valence-electron chi connectivity index (χ2n) is 5.49. The van der Waals surface area contributed by atoms with Crippen molar-refractivity contribution in [3.63, 3.8) is 0 Å². The zero-order valence-electron chi connectivity index (χ0n) is 14.0. The number of amides is 2. The second-order valence-corrected chi connectivity index (χ2v) is 6.34. The lowest BCUT2D eigenvalue weighted by Crippen LogP contribution is -2.30. The van der Waals surface area contributed by atoms with Crippen LogP contribution in [0.5, 0.6) is 5.75 Å². The van der Waals surface area contributed by atoms with Gasteiger partial charge in [-0.05, 0) is 64.8 Å². The number of halogens is 1. The minimum Gasteiger partial charge on any atom is -0.496 e. The first-order valence-corrected chi connectivity index (χ1v) is 8.46. The van der Waals surface area contributed by atoms with Gasteiger partial charge in [0.05, 0.1) is 18.1 Å². The van der Waals surface area contributed by atoms with Gasteiger partial charge < -0.3 is 21.1 Å². The lowest BCUT2D eigenvalue weighted by Gasteiger charge is -2.15. The van der Waals surface area contributed by atoms with Gasteiger partial charge in [0.2, 0.25) is 11.8 Å².